The molecule has 0 aromatic rings. The van der Waals surface area contributed by atoms with E-state index in [0.29, 0.717) is 6.04 Å². The molecule has 0 atom stereocenters. The van der Waals surface area contributed by atoms with Crippen molar-refractivity contribution in [1.82, 2.24) is 9.80 Å². The summed E-state index contributed by atoms with van der Waals surface area (Å²) in [6.45, 7) is 1.94. The van der Waals surface area contributed by atoms with Gasteiger partial charge in [0.25, 0.3) is 0 Å². The predicted octanol–water partition coefficient (Wildman–Crippen LogP) is 2.47. The van der Waals surface area contributed by atoms with E-state index in [9.17, 15) is 4.79 Å². The van der Waals surface area contributed by atoms with E-state index < -0.39 is 0 Å². The number of urea groups is 1. The van der Waals surface area contributed by atoms with E-state index in [1.54, 1.807) is 0 Å². The summed E-state index contributed by atoms with van der Waals surface area (Å²) in [5.74, 6) is 0. The van der Waals surface area contributed by atoms with Crippen LogP contribution in [0.5, 0.6) is 0 Å². The Bertz CT molecular complexity index is 218. The molecule has 1 aliphatic heterocycles. The van der Waals surface area contributed by atoms with Gasteiger partial charge in [-0.3, -0.25) is 0 Å². The highest BCUT2D eigenvalue weighted by atomic mass is 16.2. The summed E-state index contributed by atoms with van der Waals surface area (Å²) in [7, 11) is 1.97. The third-order valence-corrected chi connectivity index (χ3v) is 3.80. The second-order valence-electron chi connectivity index (χ2n) is 4.88. The fourth-order valence-corrected chi connectivity index (χ4v) is 2.42. The van der Waals surface area contributed by atoms with Gasteiger partial charge in [-0.15, -0.1) is 0 Å². The first-order valence-electron chi connectivity index (χ1n) is 6.31. The van der Waals surface area contributed by atoms with E-state index in [-0.39, 0.29) is 6.03 Å². The molecule has 0 aromatic carbocycles. The Balaban J connectivity index is 1.86. The summed E-state index contributed by atoms with van der Waals surface area (Å²) in [4.78, 5) is 16.2. The van der Waals surface area contributed by atoms with Crippen molar-refractivity contribution in [3.63, 3.8) is 0 Å². The Hall–Kier alpha value is -0.730. The minimum atomic E-state index is 0.265. The summed E-state index contributed by atoms with van der Waals surface area (Å²) < 4.78 is 0. The molecule has 1 heterocycles. The van der Waals surface area contributed by atoms with Crippen LogP contribution in [0.1, 0.15) is 44.9 Å². The quantitative estimate of drug-likeness (QED) is 0.652. The monoisotopic (exact) mass is 210 g/mol. The van der Waals surface area contributed by atoms with Crippen LogP contribution in [0.4, 0.5) is 4.79 Å². The van der Waals surface area contributed by atoms with Gasteiger partial charge >= 0.3 is 6.03 Å². The normalized spacial score (nSPS) is 23.1. The number of likely N-dealkylation sites (tertiary alicyclic amines) is 1. The number of carbonyl (C=O) groups excluding carboxylic acids is 1. The van der Waals surface area contributed by atoms with Gasteiger partial charge in [0.05, 0.1) is 0 Å². The topological polar surface area (TPSA) is 23.6 Å². The van der Waals surface area contributed by atoms with Crippen LogP contribution in [0.2, 0.25) is 0 Å². The Labute approximate surface area is 92.4 Å². The zero-order chi connectivity index (χ0) is 10.7. The summed E-state index contributed by atoms with van der Waals surface area (Å²) in [6, 6.07) is 0.794. The van der Waals surface area contributed by atoms with E-state index in [0.717, 1.165) is 13.1 Å². The van der Waals surface area contributed by atoms with E-state index in [1.807, 2.05) is 16.8 Å². The van der Waals surface area contributed by atoms with Crippen LogP contribution in [0, 0.1) is 0 Å². The Morgan fingerprint density at radius 2 is 1.67 bits per heavy atom. The molecule has 0 spiro atoms. The van der Waals surface area contributed by atoms with Gasteiger partial charge in [-0.2, -0.15) is 0 Å². The molecule has 1 saturated carbocycles. The van der Waals surface area contributed by atoms with Crippen LogP contribution in [-0.2, 0) is 0 Å². The first-order valence-corrected chi connectivity index (χ1v) is 6.31. The van der Waals surface area contributed by atoms with E-state index in [2.05, 4.69) is 0 Å². The Morgan fingerprint density at radius 3 is 2.13 bits per heavy atom. The summed E-state index contributed by atoms with van der Waals surface area (Å²) in [5, 5.41) is 0. The zero-order valence-corrected chi connectivity index (χ0v) is 9.74. The maximum Gasteiger partial charge on any atom is 0.319 e. The smallest absolute Gasteiger partial charge is 0.319 e. The largest absolute Gasteiger partial charge is 0.325 e. The molecule has 2 aliphatic rings. The van der Waals surface area contributed by atoms with Gasteiger partial charge < -0.3 is 9.80 Å². The second kappa shape index (κ2) is 4.86. The molecular weight excluding hydrogens is 188 g/mol. The van der Waals surface area contributed by atoms with Gasteiger partial charge in [0.15, 0.2) is 0 Å². The molecule has 2 fully saturated rings. The average molecular weight is 210 g/mol. The van der Waals surface area contributed by atoms with Crippen LogP contribution < -0.4 is 0 Å². The SMILES string of the molecule is CN(C(=O)N1CCCCCC1)C1CCC1. The average Bonchev–Trinajstić information content (AvgIpc) is 2.41. The molecule has 3 nitrogen and oxygen atoms in total. The molecule has 0 N–H and O–H groups in total. The van der Waals surface area contributed by atoms with Gasteiger partial charge in [-0.05, 0) is 32.1 Å². The van der Waals surface area contributed by atoms with Crippen molar-refractivity contribution < 1.29 is 4.79 Å². The highest BCUT2D eigenvalue weighted by Gasteiger charge is 2.28. The first kappa shape index (κ1) is 10.8. The van der Waals surface area contributed by atoms with Gasteiger partial charge in [0.2, 0.25) is 0 Å². The fourth-order valence-electron chi connectivity index (χ4n) is 2.42. The lowest BCUT2D eigenvalue weighted by molar-refractivity contribution is 0.123. The third-order valence-electron chi connectivity index (χ3n) is 3.80. The van der Waals surface area contributed by atoms with Gasteiger partial charge in [-0.25, -0.2) is 4.79 Å². The molecule has 0 aromatic heterocycles. The lowest BCUT2D eigenvalue weighted by Crippen LogP contribution is -2.48. The molecule has 0 bridgehead atoms. The van der Waals surface area contributed by atoms with Crippen molar-refractivity contribution in [3.8, 4) is 0 Å². The lowest BCUT2D eigenvalue weighted by atomic mass is 9.92. The molecule has 1 aliphatic carbocycles. The van der Waals surface area contributed by atoms with Gasteiger partial charge in [-0.1, -0.05) is 12.8 Å². The van der Waals surface area contributed by atoms with Crippen LogP contribution in [0.25, 0.3) is 0 Å². The molecular formula is C12H22N2O. The summed E-state index contributed by atoms with van der Waals surface area (Å²) >= 11 is 0. The van der Waals surface area contributed by atoms with E-state index in [4.69, 9.17) is 0 Å². The van der Waals surface area contributed by atoms with Crippen LogP contribution in [-0.4, -0.2) is 42.0 Å². The standard InChI is InChI=1S/C12H22N2O/c1-13(11-7-6-8-11)12(15)14-9-4-2-3-5-10-14/h11H,2-10H2,1H3. The van der Waals surface area contributed by atoms with Gasteiger partial charge in [0.1, 0.15) is 0 Å². The van der Waals surface area contributed by atoms with Crippen molar-refractivity contribution in [3.05, 3.63) is 0 Å². The molecule has 86 valence electrons. The number of nitrogens with zero attached hydrogens (tertiary/aromatic N) is 2. The minimum Gasteiger partial charge on any atom is -0.325 e. The van der Waals surface area contributed by atoms with E-state index in [1.165, 1.54) is 44.9 Å². The number of hydrogen-bond acceptors (Lipinski definition) is 1. The highest BCUT2D eigenvalue weighted by Crippen LogP contribution is 2.24. The number of carbonyl (C=O) groups is 1. The van der Waals surface area contributed by atoms with Crippen molar-refractivity contribution in [2.45, 2.75) is 51.0 Å². The second-order valence-corrected chi connectivity index (χ2v) is 4.88. The maximum atomic E-state index is 12.1. The third kappa shape index (κ3) is 2.44. The highest BCUT2D eigenvalue weighted by molar-refractivity contribution is 5.74. The molecule has 0 unspecified atom stereocenters. The molecule has 0 radical (unpaired) electrons. The number of amides is 2. The van der Waals surface area contributed by atoms with Crippen LogP contribution in [0.3, 0.4) is 0 Å². The molecule has 2 rings (SSSR count). The fraction of sp³-hybridized carbons (Fsp3) is 0.917. The minimum absolute atomic E-state index is 0.265. The van der Waals surface area contributed by atoms with Crippen molar-refractivity contribution >= 4 is 6.03 Å². The van der Waals surface area contributed by atoms with Crippen LogP contribution in [0.15, 0.2) is 0 Å². The zero-order valence-electron chi connectivity index (χ0n) is 9.74. The van der Waals surface area contributed by atoms with Crippen molar-refractivity contribution in [2.75, 3.05) is 20.1 Å². The first-order chi connectivity index (χ1) is 7.29. The molecule has 1 saturated heterocycles. The maximum absolute atomic E-state index is 12.1. The van der Waals surface area contributed by atoms with Crippen molar-refractivity contribution in [2.24, 2.45) is 0 Å². The van der Waals surface area contributed by atoms with E-state index >= 15 is 0 Å². The summed E-state index contributed by atoms with van der Waals surface area (Å²) in [6.07, 6.45) is 8.65. The number of rotatable bonds is 1. The predicted molar refractivity (Wildman–Crippen MR) is 60.8 cm³/mol. The summed E-state index contributed by atoms with van der Waals surface area (Å²) in [5.41, 5.74) is 0. The lowest BCUT2D eigenvalue weighted by Gasteiger charge is -2.37. The Kier molecular flexibility index (Phi) is 3.49. The Morgan fingerprint density at radius 1 is 1.07 bits per heavy atom. The van der Waals surface area contributed by atoms with Crippen molar-refractivity contribution in [1.29, 1.82) is 0 Å². The number of hydrogen-bond donors (Lipinski definition) is 0. The molecule has 2 amide bonds. The van der Waals surface area contributed by atoms with Crippen LogP contribution >= 0.6 is 0 Å². The molecule has 15 heavy (non-hydrogen) atoms. The molecule has 3 heteroatoms. The van der Waals surface area contributed by atoms with Gasteiger partial charge in [0, 0.05) is 26.2 Å².